The second-order valence-electron chi connectivity index (χ2n) is 8.17. The first kappa shape index (κ1) is 17.7. The molecule has 2 atom stereocenters. The van der Waals surface area contributed by atoms with Gasteiger partial charge in [0, 0.05) is 52.4 Å². The second kappa shape index (κ2) is 7.44. The topological polar surface area (TPSA) is 47.6 Å². The zero-order valence-electron chi connectivity index (χ0n) is 15.6. The van der Waals surface area contributed by atoms with Crippen molar-refractivity contribution in [2.45, 2.75) is 33.6 Å². The molecule has 5 heteroatoms. The predicted octanol–water partition coefficient (Wildman–Crippen LogP) is 1.92. The zero-order chi connectivity index (χ0) is 17.2. The minimum atomic E-state index is 0.0905. The molecule has 2 fully saturated rings. The summed E-state index contributed by atoms with van der Waals surface area (Å²) in [5, 5.41) is 6.39. The van der Waals surface area contributed by atoms with Gasteiger partial charge in [-0.3, -0.25) is 4.90 Å². The molecule has 0 spiro atoms. The van der Waals surface area contributed by atoms with Crippen LogP contribution in [0.15, 0.2) is 11.6 Å². The third kappa shape index (κ3) is 3.62. The number of amides is 2. The van der Waals surface area contributed by atoms with Crippen molar-refractivity contribution in [3.05, 3.63) is 11.6 Å². The van der Waals surface area contributed by atoms with E-state index < -0.39 is 0 Å². The zero-order valence-corrected chi connectivity index (χ0v) is 15.6. The van der Waals surface area contributed by atoms with Gasteiger partial charge in [-0.1, -0.05) is 25.5 Å². The highest BCUT2D eigenvalue weighted by Gasteiger charge is 2.51. The molecule has 0 radical (unpaired) electrons. The molecule has 3 aliphatic carbocycles. The van der Waals surface area contributed by atoms with E-state index in [9.17, 15) is 4.79 Å². The van der Waals surface area contributed by atoms with Crippen LogP contribution in [0.4, 0.5) is 4.79 Å². The van der Waals surface area contributed by atoms with Crippen LogP contribution in [0.3, 0.4) is 0 Å². The maximum Gasteiger partial charge on any atom is 0.317 e. The molecular weight excluding hydrogens is 300 g/mol. The van der Waals surface area contributed by atoms with Crippen molar-refractivity contribution in [1.29, 1.82) is 0 Å². The number of fused-ring (bicyclic) bond motifs is 1. The number of carbonyl (C=O) groups excluding carboxylic acids is 1. The summed E-state index contributed by atoms with van der Waals surface area (Å²) < 4.78 is 0. The number of rotatable bonds is 6. The van der Waals surface area contributed by atoms with E-state index >= 15 is 0 Å². The third-order valence-electron chi connectivity index (χ3n) is 6.47. The first-order chi connectivity index (χ1) is 11.5. The molecule has 5 nitrogen and oxygen atoms in total. The molecule has 2 bridgehead atoms. The fourth-order valence-electron chi connectivity index (χ4n) is 4.59. The molecule has 0 aromatic rings. The summed E-state index contributed by atoms with van der Waals surface area (Å²) in [7, 11) is 0. The van der Waals surface area contributed by atoms with E-state index in [1.165, 1.54) is 18.4 Å². The summed E-state index contributed by atoms with van der Waals surface area (Å²) in [6.07, 6.45) is 4.93. The van der Waals surface area contributed by atoms with Crippen LogP contribution in [0, 0.1) is 17.3 Å². The minimum Gasteiger partial charge on any atom is -0.338 e. The van der Waals surface area contributed by atoms with Gasteiger partial charge in [0.1, 0.15) is 0 Å². The Morgan fingerprint density at radius 1 is 1.42 bits per heavy atom. The van der Waals surface area contributed by atoms with Crippen LogP contribution in [0.1, 0.15) is 33.6 Å². The van der Waals surface area contributed by atoms with Gasteiger partial charge in [-0.2, -0.15) is 0 Å². The van der Waals surface area contributed by atoms with E-state index in [2.05, 4.69) is 35.5 Å². The summed E-state index contributed by atoms with van der Waals surface area (Å²) in [4.78, 5) is 17.0. The van der Waals surface area contributed by atoms with Gasteiger partial charge < -0.3 is 15.5 Å². The number of hydrogen-bond acceptors (Lipinski definition) is 3. The standard InChI is InChI=1S/C19H34N4O/c1-4-21-18(24)23(12-11-22-9-7-20-8-10-22)14-15-5-6-16-13-17(15)19(16,2)3/h5,16-17,20H,4,6-14H2,1-3H3,(H,21,24)/t16-,17-/m0/s1. The van der Waals surface area contributed by atoms with Crippen molar-refractivity contribution in [2.75, 3.05) is 52.4 Å². The average molecular weight is 335 g/mol. The number of allylic oxidation sites excluding steroid dienone is 1. The lowest BCUT2D eigenvalue weighted by atomic mass is 9.49. The molecule has 4 rings (SSSR count). The maximum atomic E-state index is 12.5. The molecule has 136 valence electrons. The third-order valence-corrected chi connectivity index (χ3v) is 6.47. The molecule has 4 aliphatic rings. The summed E-state index contributed by atoms with van der Waals surface area (Å²) in [6.45, 7) is 14.4. The number of carbonyl (C=O) groups is 1. The van der Waals surface area contributed by atoms with Gasteiger partial charge in [0.05, 0.1) is 0 Å². The van der Waals surface area contributed by atoms with Crippen molar-refractivity contribution < 1.29 is 4.79 Å². The normalized spacial score (nSPS) is 28.7. The molecule has 1 heterocycles. The Bertz CT molecular complexity index is 482. The molecule has 2 amide bonds. The molecule has 1 saturated heterocycles. The fraction of sp³-hybridized carbons (Fsp3) is 0.842. The maximum absolute atomic E-state index is 12.5. The number of urea groups is 1. The number of hydrogen-bond donors (Lipinski definition) is 2. The van der Waals surface area contributed by atoms with Gasteiger partial charge in [-0.15, -0.1) is 0 Å². The van der Waals surface area contributed by atoms with Gasteiger partial charge >= 0.3 is 6.03 Å². The van der Waals surface area contributed by atoms with E-state index in [0.717, 1.165) is 51.7 Å². The van der Waals surface area contributed by atoms with Gasteiger partial charge in [-0.25, -0.2) is 4.79 Å². The highest BCUT2D eigenvalue weighted by Crippen LogP contribution is 2.59. The average Bonchev–Trinajstić information content (AvgIpc) is 2.59. The van der Waals surface area contributed by atoms with Crippen molar-refractivity contribution in [2.24, 2.45) is 17.3 Å². The summed E-state index contributed by atoms with van der Waals surface area (Å²) in [5.41, 5.74) is 1.92. The Hall–Kier alpha value is -1.07. The number of piperazine rings is 1. The number of nitrogens with zero attached hydrogens (tertiary/aromatic N) is 2. The molecule has 1 saturated carbocycles. The SMILES string of the molecule is CCNC(=O)N(CCN1CCNCC1)CC1=CC[C@H]2C[C@@H]1C2(C)C. The lowest BCUT2D eigenvalue weighted by molar-refractivity contribution is -0.00978. The highest BCUT2D eigenvalue weighted by molar-refractivity contribution is 5.74. The molecular formula is C19H34N4O. The molecule has 0 aromatic heterocycles. The van der Waals surface area contributed by atoms with Gasteiger partial charge in [0.2, 0.25) is 0 Å². The van der Waals surface area contributed by atoms with Gasteiger partial charge in [-0.05, 0) is 37.0 Å². The Kier molecular flexibility index (Phi) is 5.50. The van der Waals surface area contributed by atoms with E-state index in [-0.39, 0.29) is 6.03 Å². The largest absolute Gasteiger partial charge is 0.338 e. The van der Waals surface area contributed by atoms with E-state index in [1.54, 1.807) is 0 Å². The second-order valence-corrected chi connectivity index (χ2v) is 8.17. The summed E-state index contributed by atoms with van der Waals surface area (Å²) >= 11 is 0. The quantitative estimate of drug-likeness (QED) is 0.730. The molecule has 24 heavy (non-hydrogen) atoms. The van der Waals surface area contributed by atoms with Crippen LogP contribution in [-0.2, 0) is 0 Å². The number of nitrogens with one attached hydrogen (secondary N) is 2. The Morgan fingerprint density at radius 3 is 2.79 bits per heavy atom. The lowest BCUT2D eigenvalue weighted by Gasteiger charge is -2.57. The van der Waals surface area contributed by atoms with Crippen LogP contribution < -0.4 is 10.6 Å². The van der Waals surface area contributed by atoms with Crippen LogP contribution in [0.5, 0.6) is 0 Å². The summed E-state index contributed by atoms with van der Waals surface area (Å²) in [5.74, 6) is 1.53. The van der Waals surface area contributed by atoms with E-state index in [1.807, 2.05) is 11.8 Å². The monoisotopic (exact) mass is 334 g/mol. The Labute approximate surface area is 146 Å². The van der Waals surface area contributed by atoms with Crippen LogP contribution >= 0.6 is 0 Å². The van der Waals surface area contributed by atoms with Crippen LogP contribution in [-0.4, -0.2) is 68.2 Å². The Morgan fingerprint density at radius 2 is 2.17 bits per heavy atom. The molecule has 0 unspecified atom stereocenters. The van der Waals surface area contributed by atoms with Gasteiger partial charge in [0.25, 0.3) is 0 Å². The first-order valence-corrected chi connectivity index (χ1v) is 9.67. The van der Waals surface area contributed by atoms with E-state index in [0.29, 0.717) is 17.9 Å². The highest BCUT2D eigenvalue weighted by atomic mass is 16.2. The lowest BCUT2D eigenvalue weighted by Crippen LogP contribution is -2.52. The van der Waals surface area contributed by atoms with Crippen LogP contribution in [0.2, 0.25) is 0 Å². The Balaban J connectivity index is 1.59. The minimum absolute atomic E-state index is 0.0905. The smallest absolute Gasteiger partial charge is 0.317 e. The van der Waals surface area contributed by atoms with Crippen molar-refractivity contribution in [3.8, 4) is 0 Å². The van der Waals surface area contributed by atoms with Gasteiger partial charge in [0.15, 0.2) is 0 Å². The fourth-order valence-corrected chi connectivity index (χ4v) is 4.59. The molecule has 2 N–H and O–H groups in total. The summed E-state index contributed by atoms with van der Waals surface area (Å²) in [6, 6.07) is 0.0905. The molecule has 0 aromatic carbocycles. The van der Waals surface area contributed by atoms with Crippen molar-refractivity contribution in [3.63, 3.8) is 0 Å². The first-order valence-electron chi connectivity index (χ1n) is 9.67. The molecule has 1 aliphatic heterocycles. The predicted molar refractivity (Wildman–Crippen MR) is 98.0 cm³/mol. The van der Waals surface area contributed by atoms with Crippen molar-refractivity contribution in [1.82, 2.24) is 20.4 Å². The van der Waals surface area contributed by atoms with Crippen molar-refractivity contribution >= 4 is 6.03 Å². The van der Waals surface area contributed by atoms with Crippen LogP contribution in [0.25, 0.3) is 0 Å². The van der Waals surface area contributed by atoms with E-state index in [4.69, 9.17) is 0 Å².